The largest absolute Gasteiger partial charge is 0.481 e. The summed E-state index contributed by atoms with van der Waals surface area (Å²) in [6, 6.07) is -1.29. The number of ketones is 2. The van der Waals surface area contributed by atoms with Crippen LogP contribution in [0, 0.1) is 5.92 Å². The molecule has 0 spiro atoms. The van der Waals surface area contributed by atoms with Crippen LogP contribution in [0.4, 0.5) is 0 Å². The maximum absolute atomic E-state index is 12.3. The van der Waals surface area contributed by atoms with E-state index < -0.39 is 70.5 Å². The summed E-state index contributed by atoms with van der Waals surface area (Å²) in [4.78, 5) is 93.0. The van der Waals surface area contributed by atoms with E-state index in [0.717, 1.165) is 51.4 Å². The van der Waals surface area contributed by atoms with Crippen molar-refractivity contribution in [2.75, 3.05) is 38.7 Å². The zero-order valence-electron chi connectivity index (χ0n) is 34.8. The third-order valence-corrected chi connectivity index (χ3v) is 10.7. The number of amides is 3. The zero-order chi connectivity index (χ0) is 44.3. The number of carbonyl (C=O) groups is 8. The lowest BCUT2D eigenvalue weighted by Crippen LogP contribution is -2.41. The minimum Gasteiger partial charge on any atom is -0.481 e. The quantitative estimate of drug-likeness (QED) is 0.0473. The molecule has 0 bridgehead atoms. The molecule has 0 rings (SSSR count). The Kier molecular flexibility index (Phi) is 32.5. The van der Waals surface area contributed by atoms with E-state index in [9.17, 15) is 57.0 Å². The van der Waals surface area contributed by atoms with E-state index in [1.54, 1.807) is 0 Å². The Morgan fingerprint density at radius 3 is 1.61 bits per heavy atom. The maximum Gasteiger partial charge on any atom is 0.326 e. The molecule has 0 aliphatic heterocycles. The molecule has 6 N–H and O–H groups in total. The summed E-state index contributed by atoms with van der Waals surface area (Å²) in [5, 5.41) is 32.1. The molecule has 0 saturated carbocycles. The highest BCUT2D eigenvalue weighted by atomic mass is 32.2. The van der Waals surface area contributed by atoms with Crippen LogP contribution in [0.5, 0.6) is 0 Å². The summed E-state index contributed by atoms with van der Waals surface area (Å²) in [7, 11) is -3.86. The van der Waals surface area contributed by atoms with Crippen molar-refractivity contribution in [3.63, 3.8) is 0 Å². The highest BCUT2D eigenvalue weighted by Gasteiger charge is 2.25. The lowest BCUT2D eigenvalue weighted by molar-refractivity contribution is -0.145. The van der Waals surface area contributed by atoms with Crippen molar-refractivity contribution >= 4 is 57.2 Å². The topological polar surface area (TPSA) is 286 Å². The Balaban J connectivity index is 3.89. The Morgan fingerprint density at radius 2 is 1.08 bits per heavy atom. The van der Waals surface area contributed by atoms with E-state index in [-0.39, 0.29) is 95.2 Å². The van der Waals surface area contributed by atoms with E-state index in [2.05, 4.69) is 15.4 Å². The Bertz CT molecular complexity index is 1390. The summed E-state index contributed by atoms with van der Waals surface area (Å²) >= 11 is 0. The van der Waals surface area contributed by atoms with Gasteiger partial charge >= 0.3 is 17.9 Å². The molecule has 19 heteroatoms. The van der Waals surface area contributed by atoms with Gasteiger partial charge in [0.1, 0.15) is 18.4 Å². The van der Waals surface area contributed by atoms with Crippen LogP contribution < -0.4 is 15.4 Å². The number of hydrogen-bond acceptors (Lipinski definition) is 12. The van der Waals surface area contributed by atoms with Gasteiger partial charge in [0.2, 0.25) is 27.7 Å². The summed E-state index contributed by atoms with van der Waals surface area (Å²) < 4.78 is 37.1. The molecule has 2 atom stereocenters. The second-order valence-corrected chi connectivity index (χ2v) is 16.7. The van der Waals surface area contributed by atoms with Crippen molar-refractivity contribution in [3.05, 3.63) is 0 Å². The molecule has 0 saturated heterocycles. The van der Waals surface area contributed by atoms with Crippen LogP contribution in [0.1, 0.15) is 155 Å². The van der Waals surface area contributed by atoms with E-state index in [1.807, 2.05) is 0 Å². The van der Waals surface area contributed by atoms with Gasteiger partial charge in [-0.05, 0) is 39.0 Å². The number of sulfonamides is 1. The molecule has 59 heavy (non-hydrogen) atoms. The highest BCUT2D eigenvalue weighted by Crippen LogP contribution is 2.15. The number of rotatable bonds is 41. The Labute approximate surface area is 348 Å². The number of carboxylic acid groups (broad SMARTS) is 3. The summed E-state index contributed by atoms with van der Waals surface area (Å²) in [5.74, 6) is -7.32. The normalized spacial score (nSPS) is 12.3. The average Bonchev–Trinajstić information content (AvgIpc) is 3.15. The molecule has 0 aromatic heterocycles. The number of carbonyl (C=O) groups excluding carboxylic acids is 5. The van der Waals surface area contributed by atoms with Gasteiger partial charge in [-0.25, -0.2) is 13.2 Å². The highest BCUT2D eigenvalue weighted by molar-refractivity contribution is 7.90. The molecule has 1 unspecified atom stereocenters. The number of carboxylic acids is 3. The number of Topliss-reactive ketones (excluding diaryl/α,β-unsaturated/α-hetero) is 2. The lowest BCUT2D eigenvalue weighted by Gasteiger charge is -2.15. The average molecular weight is 864 g/mol. The number of unbranched alkanes of at least 4 members (excludes halogenated alkanes) is 13. The molecule has 0 radical (unpaired) electrons. The number of aliphatic carboxylic acids is 3. The number of nitrogens with one attached hydrogen (secondary N) is 3. The Hall–Kier alpha value is -3.97. The minimum atomic E-state index is -3.86. The monoisotopic (exact) mass is 863 g/mol. The molecule has 0 aromatic carbocycles. The first-order valence-corrected chi connectivity index (χ1v) is 22.6. The third kappa shape index (κ3) is 35.7. The van der Waals surface area contributed by atoms with Gasteiger partial charge in [0.15, 0.2) is 5.78 Å². The molecule has 0 aliphatic rings. The van der Waals surface area contributed by atoms with Crippen molar-refractivity contribution < 1.29 is 71.6 Å². The summed E-state index contributed by atoms with van der Waals surface area (Å²) in [5.41, 5.74) is 0. The van der Waals surface area contributed by atoms with Crippen LogP contribution in [-0.2, 0) is 57.9 Å². The third-order valence-electron chi connectivity index (χ3n) is 9.30. The van der Waals surface area contributed by atoms with Crippen LogP contribution in [0.3, 0.4) is 0 Å². The van der Waals surface area contributed by atoms with Gasteiger partial charge in [-0.2, -0.15) is 0 Å². The Morgan fingerprint density at radius 1 is 0.559 bits per heavy atom. The molecule has 0 aliphatic carbocycles. The van der Waals surface area contributed by atoms with Crippen molar-refractivity contribution in [1.29, 1.82) is 0 Å². The van der Waals surface area contributed by atoms with Crippen LogP contribution in [-0.4, -0.2) is 116 Å². The standard InChI is InChI=1S/C40H69N3O15S/c1-31(44)20-22-34(40(53)54)42-36(47)23-21-32(39(51)52)29-33(45)30-58-27-26-57-25-24-41-35(46)18-16-28-59(55,56)43-37(48)17-14-12-10-8-6-4-2-3-5-7-9-11-13-15-19-38(49)50/h32,34H,2-30H2,1H3,(H,41,46)(H,42,47)(H,43,48)(H,49,50)(H,51,52)(H,53,54)/t32-,34?/m1/s1. The first-order valence-electron chi connectivity index (χ1n) is 21.0. The van der Waals surface area contributed by atoms with Crippen molar-refractivity contribution in [2.24, 2.45) is 5.92 Å². The maximum atomic E-state index is 12.3. The number of ether oxygens (including phenoxy) is 2. The molecule has 0 heterocycles. The second kappa shape index (κ2) is 34.8. The van der Waals surface area contributed by atoms with E-state index in [0.29, 0.717) is 6.42 Å². The SMILES string of the molecule is CC(=O)CCC(NC(=O)CC[C@H](CC(=O)COCCOCCNC(=O)CCCS(=O)(=O)NC(=O)CCCCCCCCCCCCCCCCC(=O)O)C(=O)O)C(=O)O. The fourth-order valence-electron chi connectivity index (χ4n) is 5.96. The van der Waals surface area contributed by atoms with E-state index >= 15 is 0 Å². The van der Waals surface area contributed by atoms with Crippen LogP contribution in [0.2, 0.25) is 0 Å². The minimum absolute atomic E-state index is 0.00355. The molecular weight excluding hydrogens is 795 g/mol. The van der Waals surface area contributed by atoms with Crippen molar-refractivity contribution in [2.45, 2.75) is 161 Å². The predicted molar refractivity (Wildman–Crippen MR) is 217 cm³/mol. The van der Waals surface area contributed by atoms with Gasteiger partial charge in [-0.1, -0.05) is 77.0 Å². The van der Waals surface area contributed by atoms with Crippen molar-refractivity contribution in [1.82, 2.24) is 15.4 Å². The van der Waals surface area contributed by atoms with E-state index in [4.69, 9.17) is 14.6 Å². The van der Waals surface area contributed by atoms with E-state index in [1.165, 1.54) is 39.0 Å². The van der Waals surface area contributed by atoms with Gasteiger partial charge < -0.3 is 40.2 Å². The van der Waals surface area contributed by atoms with Gasteiger partial charge in [0.25, 0.3) is 0 Å². The van der Waals surface area contributed by atoms with Crippen LogP contribution >= 0.6 is 0 Å². The fourth-order valence-corrected chi connectivity index (χ4v) is 7.04. The first kappa shape index (κ1) is 55.0. The van der Waals surface area contributed by atoms with Gasteiger partial charge in [0.05, 0.1) is 31.5 Å². The molecule has 340 valence electrons. The summed E-state index contributed by atoms with van der Waals surface area (Å²) in [6.45, 7) is 1.22. The fraction of sp³-hybridized carbons (Fsp3) is 0.800. The summed E-state index contributed by atoms with van der Waals surface area (Å²) in [6.07, 6.45) is 13.9. The van der Waals surface area contributed by atoms with Crippen LogP contribution in [0.25, 0.3) is 0 Å². The molecule has 0 fully saturated rings. The van der Waals surface area contributed by atoms with Gasteiger partial charge in [0, 0.05) is 45.1 Å². The first-order chi connectivity index (χ1) is 28.0. The van der Waals surface area contributed by atoms with Crippen molar-refractivity contribution in [3.8, 4) is 0 Å². The smallest absolute Gasteiger partial charge is 0.326 e. The van der Waals surface area contributed by atoms with Gasteiger partial charge in [-0.15, -0.1) is 0 Å². The molecular formula is C40H69N3O15S. The molecule has 18 nitrogen and oxygen atoms in total. The zero-order valence-corrected chi connectivity index (χ0v) is 35.6. The van der Waals surface area contributed by atoms with Crippen LogP contribution in [0.15, 0.2) is 0 Å². The predicted octanol–water partition coefficient (Wildman–Crippen LogP) is 4.07. The molecule has 3 amide bonds. The second-order valence-electron chi connectivity index (χ2n) is 14.8. The molecule has 0 aromatic rings. The van der Waals surface area contributed by atoms with Gasteiger partial charge in [-0.3, -0.25) is 33.5 Å². The lowest BCUT2D eigenvalue weighted by atomic mass is 9.97. The number of hydrogen-bond donors (Lipinski definition) is 6.